The normalized spacial score (nSPS) is 10.2. The molecule has 0 unspecified atom stereocenters. The first-order valence-corrected chi connectivity index (χ1v) is 7.10. The van der Waals surface area contributed by atoms with Crippen LogP contribution in [0.3, 0.4) is 0 Å². The molecule has 2 aromatic rings. The van der Waals surface area contributed by atoms with Gasteiger partial charge < -0.3 is 4.74 Å². The van der Waals surface area contributed by atoms with Gasteiger partial charge in [-0.15, -0.1) is 0 Å². The van der Waals surface area contributed by atoms with Gasteiger partial charge in [0.25, 0.3) is 0 Å². The predicted octanol–water partition coefficient (Wildman–Crippen LogP) is 4.52. The number of esters is 1. The van der Waals surface area contributed by atoms with E-state index in [4.69, 9.17) is 16.3 Å². The van der Waals surface area contributed by atoms with Gasteiger partial charge in [0.2, 0.25) is 0 Å². The number of benzene rings is 2. The highest BCUT2D eigenvalue weighted by Crippen LogP contribution is 2.12. The summed E-state index contributed by atoms with van der Waals surface area (Å²) in [4.78, 5) is 11.7. The summed E-state index contributed by atoms with van der Waals surface area (Å²) in [5.74, 6) is -0.313. The molecule has 0 fully saturated rings. The molecule has 0 aromatic heterocycles. The van der Waals surface area contributed by atoms with Crippen LogP contribution in [0, 0.1) is 0 Å². The predicted molar refractivity (Wildman–Crippen MR) is 81.1 cm³/mol. The Morgan fingerprint density at radius 3 is 2.55 bits per heavy atom. The smallest absolute Gasteiger partial charge is 0.338 e. The quantitative estimate of drug-likeness (QED) is 0.577. The number of unbranched alkanes of at least 4 members (excludes halogenated alkanes) is 1. The van der Waals surface area contributed by atoms with Crippen LogP contribution >= 0.6 is 11.6 Å². The van der Waals surface area contributed by atoms with Gasteiger partial charge in [-0.2, -0.15) is 0 Å². The van der Waals surface area contributed by atoms with Gasteiger partial charge in [-0.25, -0.2) is 4.79 Å². The zero-order valence-corrected chi connectivity index (χ0v) is 12.0. The molecule has 0 saturated carbocycles. The van der Waals surface area contributed by atoms with Crippen LogP contribution in [0.15, 0.2) is 54.6 Å². The minimum atomic E-state index is -0.313. The van der Waals surface area contributed by atoms with Gasteiger partial charge in [0, 0.05) is 5.02 Å². The summed E-state index contributed by atoms with van der Waals surface area (Å²) < 4.78 is 5.22. The van der Waals surface area contributed by atoms with Gasteiger partial charge in [0.1, 0.15) is 0 Å². The highest BCUT2D eigenvalue weighted by Gasteiger charge is 2.06. The Balaban J connectivity index is 1.67. The van der Waals surface area contributed by atoms with E-state index in [0.29, 0.717) is 17.2 Å². The molecular formula is C17H17ClO2. The van der Waals surface area contributed by atoms with Gasteiger partial charge in [-0.05, 0) is 43.0 Å². The maximum atomic E-state index is 11.7. The number of halogens is 1. The van der Waals surface area contributed by atoms with Crippen molar-refractivity contribution in [2.75, 3.05) is 6.61 Å². The van der Waals surface area contributed by atoms with E-state index in [9.17, 15) is 4.79 Å². The van der Waals surface area contributed by atoms with Crippen molar-refractivity contribution in [2.45, 2.75) is 19.3 Å². The van der Waals surface area contributed by atoms with Crippen LogP contribution in [0.5, 0.6) is 0 Å². The summed E-state index contributed by atoms with van der Waals surface area (Å²) in [5, 5.41) is 0.545. The molecule has 0 saturated heterocycles. The van der Waals surface area contributed by atoms with Gasteiger partial charge in [-0.3, -0.25) is 0 Å². The Bertz CT molecular complexity index is 552. The third-order valence-electron chi connectivity index (χ3n) is 3.00. The number of carbonyl (C=O) groups excluding carboxylic acids is 1. The van der Waals surface area contributed by atoms with Crippen molar-refractivity contribution >= 4 is 17.6 Å². The number of aryl methyl sites for hydroxylation is 1. The third-order valence-corrected chi connectivity index (χ3v) is 3.23. The van der Waals surface area contributed by atoms with Crippen LogP contribution in [0.2, 0.25) is 5.02 Å². The molecule has 2 nitrogen and oxygen atoms in total. The van der Waals surface area contributed by atoms with E-state index in [-0.39, 0.29) is 5.97 Å². The molecule has 0 spiro atoms. The van der Waals surface area contributed by atoms with E-state index in [0.717, 1.165) is 19.3 Å². The van der Waals surface area contributed by atoms with Gasteiger partial charge in [0.05, 0.1) is 12.2 Å². The van der Waals surface area contributed by atoms with E-state index in [1.165, 1.54) is 5.56 Å². The third kappa shape index (κ3) is 4.71. The fourth-order valence-electron chi connectivity index (χ4n) is 1.94. The standard InChI is InChI=1S/C17H17ClO2/c18-16-11-6-10-15(13-16)17(19)20-12-5-4-9-14-7-2-1-3-8-14/h1-3,6-8,10-11,13H,4-5,9,12H2. The fraction of sp³-hybridized carbons (Fsp3) is 0.235. The van der Waals surface area contributed by atoms with Crippen molar-refractivity contribution in [1.29, 1.82) is 0 Å². The molecule has 0 aliphatic carbocycles. The monoisotopic (exact) mass is 288 g/mol. The van der Waals surface area contributed by atoms with E-state index < -0.39 is 0 Å². The van der Waals surface area contributed by atoms with Crippen LogP contribution in [-0.2, 0) is 11.2 Å². The van der Waals surface area contributed by atoms with Crippen molar-refractivity contribution < 1.29 is 9.53 Å². The summed E-state index contributed by atoms with van der Waals surface area (Å²) in [6.45, 7) is 0.443. The Labute approximate surface area is 124 Å². The van der Waals surface area contributed by atoms with Crippen LogP contribution < -0.4 is 0 Å². The fourth-order valence-corrected chi connectivity index (χ4v) is 2.13. The first kappa shape index (κ1) is 14.6. The lowest BCUT2D eigenvalue weighted by Gasteiger charge is -2.05. The van der Waals surface area contributed by atoms with Crippen LogP contribution in [0.4, 0.5) is 0 Å². The van der Waals surface area contributed by atoms with Crippen LogP contribution in [0.25, 0.3) is 0 Å². The topological polar surface area (TPSA) is 26.3 Å². The number of rotatable bonds is 6. The molecule has 0 radical (unpaired) electrons. The molecule has 0 amide bonds. The Kier molecular flexibility index (Phi) is 5.63. The summed E-state index contributed by atoms with van der Waals surface area (Å²) in [6.07, 6.45) is 2.88. The second-order valence-electron chi connectivity index (χ2n) is 4.59. The summed E-state index contributed by atoms with van der Waals surface area (Å²) in [7, 11) is 0. The SMILES string of the molecule is O=C(OCCCCc1ccccc1)c1cccc(Cl)c1. The van der Waals surface area contributed by atoms with E-state index in [1.807, 2.05) is 18.2 Å². The molecule has 3 heteroatoms. The average Bonchev–Trinajstić information content (AvgIpc) is 2.48. The van der Waals surface area contributed by atoms with Gasteiger partial charge >= 0.3 is 5.97 Å². The average molecular weight is 289 g/mol. The highest BCUT2D eigenvalue weighted by molar-refractivity contribution is 6.30. The van der Waals surface area contributed by atoms with E-state index in [2.05, 4.69) is 12.1 Å². The Morgan fingerprint density at radius 1 is 1.00 bits per heavy atom. The molecule has 2 aromatic carbocycles. The molecule has 0 aliphatic rings. The van der Waals surface area contributed by atoms with Crippen molar-refractivity contribution in [1.82, 2.24) is 0 Å². The van der Waals surface area contributed by atoms with Crippen molar-refractivity contribution in [3.63, 3.8) is 0 Å². The zero-order valence-electron chi connectivity index (χ0n) is 11.2. The summed E-state index contributed by atoms with van der Waals surface area (Å²) in [5.41, 5.74) is 1.81. The first-order valence-electron chi connectivity index (χ1n) is 6.72. The Morgan fingerprint density at radius 2 is 1.80 bits per heavy atom. The largest absolute Gasteiger partial charge is 0.462 e. The maximum Gasteiger partial charge on any atom is 0.338 e. The molecule has 0 aliphatic heterocycles. The molecule has 20 heavy (non-hydrogen) atoms. The minimum absolute atomic E-state index is 0.313. The van der Waals surface area contributed by atoms with Crippen molar-refractivity contribution in [3.8, 4) is 0 Å². The highest BCUT2D eigenvalue weighted by atomic mass is 35.5. The molecule has 0 N–H and O–H groups in total. The molecule has 0 bridgehead atoms. The summed E-state index contributed by atoms with van der Waals surface area (Å²) >= 11 is 5.83. The number of hydrogen-bond acceptors (Lipinski definition) is 2. The van der Waals surface area contributed by atoms with Gasteiger partial charge in [0.15, 0.2) is 0 Å². The second kappa shape index (κ2) is 7.71. The molecule has 104 valence electrons. The lowest BCUT2D eigenvalue weighted by molar-refractivity contribution is 0.0498. The lowest BCUT2D eigenvalue weighted by atomic mass is 10.1. The second-order valence-corrected chi connectivity index (χ2v) is 5.03. The molecular weight excluding hydrogens is 272 g/mol. The van der Waals surface area contributed by atoms with Crippen LogP contribution in [0.1, 0.15) is 28.8 Å². The molecule has 2 rings (SSSR count). The molecule has 0 atom stereocenters. The van der Waals surface area contributed by atoms with Crippen molar-refractivity contribution in [2.24, 2.45) is 0 Å². The maximum absolute atomic E-state index is 11.7. The number of hydrogen-bond donors (Lipinski definition) is 0. The zero-order chi connectivity index (χ0) is 14.2. The Hall–Kier alpha value is -1.80. The van der Waals surface area contributed by atoms with Gasteiger partial charge in [-0.1, -0.05) is 48.0 Å². The minimum Gasteiger partial charge on any atom is -0.462 e. The summed E-state index contributed by atoms with van der Waals surface area (Å²) in [6, 6.07) is 17.1. The number of carbonyl (C=O) groups is 1. The van der Waals surface area contributed by atoms with E-state index >= 15 is 0 Å². The first-order chi connectivity index (χ1) is 9.75. The lowest BCUT2D eigenvalue weighted by Crippen LogP contribution is -2.06. The van der Waals surface area contributed by atoms with E-state index in [1.54, 1.807) is 24.3 Å². The van der Waals surface area contributed by atoms with Crippen molar-refractivity contribution in [3.05, 3.63) is 70.7 Å². The molecule has 0 heterocycles. The number of ether oxygens (including phenoxy) is 1. The van der Waals surface area contributed by atoms with Crippen LogP contribution in [-0.4, -0.2) is 12.6 Å².